The maximum absolute atomic E-state index is 12.8. The second-order valence-corrected chi connectivity index (χ2v) is 7.46. The molecular weight excluding hydrogens is 360 g/mol. The number of aromatic amines is 1. The lowest BCUT2D eigenvalue weighted by molar-refractivity contribution is 0.0788. The van der Waals surface area contributed by atoms with Gasteiger partial charge in [0.25, 0.3) is 11.5 Å². The fourth-order valence-electron chi connectivity index (χ4n) is 2.78. The van der Waals surface area contributed by atoms with Gasteiger partial charge in [0, 0.05) is 11.9 Å². The Balaban J connectivity index is 1.76. The summed E-state index contributed by atoms with van der Waals surface area (Å²) in [7, 11) is 1.71. The van der Waals surface area contributed by atoms with Gasteiger partial charge in [-0.15, -0.1) is 11.3 Å². The lowest BCUT2D eigenvalue weighted by Gasteiger charge is -2.15. The molecule has 0 fully saturated rings. The maximum atomic E-state index is 12.8. The van der Waals surface area contributed by atoms with Crippen LogP contribution in [0.5, 0.6) is 0 Å². The van der Waals surface area contributed by atoms with Gasteiger partial charge in [-0.2, -0.15) is 5.10 Å². The Labute approximate surface area is 151 Å². The van der Waals surface area contributed by atoms with Crippen LogP contribution in [0, 0.1) is 0 Å². The fourth-order valence-corrected chi connectivity index (χ4v) is 3.92. The number of aromatic nitrogens is 3. The molecule has 0 saturated carbocycles. The summed E-state index contributed by atoms with van der Waals surface area (Å²) in [5.41, 5.74) is 1.16. The number of fused-ring (bicyclic) bond motifs is 3. The van der Waals surface area contributed by atoms with E-state index in [0.29, 0.717) is 33.0 Å². The number of para-hydroxylation sites is 1. The number of amides is 1. The van der Waals surface area contributed by atoms with Gasteiger partial charge in [-0.1, -0.05) is 23.7 Å². The maximum Gasteiger partial charge on any atom is 0.259 e. The molecular formula is C17H13ClN4O2S. The van der Waals surface area contributed by atoms with E-state index in [4.69, 9.17) is 11.6 Å². The van der Waals surface area contributed by atoms with E-state index in [0.717, 1.165) is 4.88 Å². The molecule has 126 valence electrons. The number of carbonyl (C=O) groups is 1. The molecule has 0 saturated heterocycles. The second-order valence-electron chi connectivity index (χ2n) is 5.66. The first kappa shape index (κ1) is 15.9. The molecule has 1 N–H and O–H groups in total. The summed E-state index contributed by atoms with van der Waals surface area (Å²) in [6.45, 7) is 0.436. The van der Waals surface area contributed by atoms with E-state index >= 15 is 0 Å². The molecule has 1 amide bonds. The molecule has 0 aliphatic rings. The van der Waals surface area contributed by atoms with E-state index in [-0.39, 0.29) is 11.5 Å². The van der Waals surface area contributed by atoms with Crippen LogP contribution in [-0.4, -0.2) is 32.5 Å². The summed E-state index contributed by atoms with van der Waals surface area (Å²) >= 11 is 7.37. The average Bonchev–Trinajstić information content (AvgIpc) is 3.20. The molecule has 4 aromatic rings. The van der Waals surface area contributed by atoms with Crippen molar-refractivity contribution in [2.75, 3.05) is 7.05 Å². The topological polar surface area (TPSA) is 70.5 Å². The van der Waals surface area contributed by atoms with Crippen LogP contribution in [0.3, 0.4) is 0 Å². The van der Waals surface area contributed by atoms with Crippen molar-refractivity contribution < 1.29 is 4.79 Å². The number of rotatable bonds is 3. The molecule has 3 aromatic heterocycles. The number of hydrogen-bond acceptors (Lipinski definition) is 4. The summed E-state index contributed by atoms with van der Waals surface area (Å²) in [6, 6.07) is 10.8. The SMILES string of the molecule is CN(Cc1ccc(Cl)s1)C(=O)c1cnn2c1[nH]c(=O)c1ccccc12. The quantitative estimate of drug-likeness (QED) is 0.600. The molecule has 0 aliphatic carbocycles. The standard InChI is InChI=1S/C17H13ClN4O2S/c1-21(9-10-6-7-14(18)25-10)17(24)12-8-19-22-13-5-3-2-4-11(13)16(23)20-15(12)22/h2-8H,9H2,1H3,(H,20,23). The molecule has 0 radical (unpaired) electrons. The Bertz CT molecular complexity index is 1160. The molecule has 3 heterocycles. The average molecular weight is 373 g/mol. The van der Waals surface area contributed by atoms with Gasteiger partial charge in [0.1, 0.15) is 11.2 Å². The van der Waals surface area contributed by atoms with Gasteiger partial charge < -0.3 is 9.88 Å². The van der Waals surface area contributed by atoms with Crippen molar-refractivity contribution in [1.29, 1.82) is 0 Å². The van der Waals surface area contributed by atoms with Gasteiger partial charge in [-0.3, -0.25) is 9.59 Å². The molecule has 25 heavy (non-hydrogen) atoms. The van der Waals surface area contributed by atoms with Crippen LogP contribution < -0.4 is 5.56 Å². The molecule has 0 atom stereocenters. The molecule has 0 bridgehead atoms. The molecule has 4 rings (SSSR count). The van der Waals surface area contributed by atoms with Gasteiger partial charge >= 0.3 is 0 Å². The minimum Gasteiger partial charge on any atom is -0.336 e. The first-order chi connectivity index (χ1) is 12.0. The highest BCUT2D eigenvalue weighted by molar-refractivity contribution is 7.16. The van der Waals surface area contributed by atoms with E-state index in [9.17, 15) is 9.59 Å². The Hall–Kier alpha value is -2.64. The Morgan fingerprint density at radius 3 is 2.88 bits per heavy atom. The number of nitrogens with one attached hydrogen (secondary N) is 1. The van der Waals surface area contributed by atoms with Crippen LogP contribution in [-0.2, 0) is 6.54 Å². The second kappa shape index (κ2) is 6.02. The first-order valence-electron chi connectivity index (χ1n) is 7.53. The van der Waals surface area contributed by atoms with E-state index in [2.05, 4.69) is 10.1 Å². The Morgan fingerprint density at radius 2 is 2.12 bits per heavy atom. The summed E-state index contributed by atoms with van der Waals surface area (Å²) < 4.78 is 2.27. The summed E-state index contributed by atoms with van der Waals surface area (Å²) in [4.78, 5) is 30.4. The molecule has 0 aliphatic heterocycles. The van der Waals surface area contributed by atoms with Crippen LogP contribution in [0.2, 0.25) is 4.34 Å². The van der Waals surface area contributed by atoms with Crippen molar-refractivity contribution in [2.24, 2.45) is 0 Å². The highest BCUT2D eigenvalue weighted by Gasteiger charge is 2.20. The molecule has 0 unspecified atom stereocenters. The molecule has 1 aromatic carbocycles. The largest absolute Gasteiger partial charge is 0.336 e. The number of carbonyl (C=O) groups excluding carboxylic acids is 1. The number of H-pyrrole nitrogens is 1. The third-order valence-electron chi connectivity index (χ3n) is 3.98. The normalized spacial score (nSPS) is 11.3. The van der Waals surface area contributed by atoms with Crippen molar-refractivity contribution in [2.45, 2.75) is 6.54 Å². The predicted molar refractivity (Wildman–Crippen MR) is 98.4 cm³/mol. The molecule has 8 heteroatoms. The minimum absolute atomic E-state index is 0.217. The Kier molecular flexibility index (Phi) is 3.82. The lowest BCUT2D eigenvalue weighted by atomic mass is 10.2. The van der Waals surface area contributed by atoms with Gasteiger partial charge in [-0.05, 0) is 24.3 Å². The zero-order valence-electron chi connectivity index (χ0n) is 13.2. The summed E-state index contributed by atoms with van der Waals surface area (Å²) in [5.74, 6) is -0.217. The number of nitrogens with zero attached hydrogens (tertiary/aromatic N) is 3. The third-order valence-corrected chi connectivity index (χ3v) is 5.19. The Morgan fingerprint density at radius 1 is 1.32 bits per heavy atom. The first-order valence-corrected chi connectivity index (χ1v) is 8.72. The smallest absolute Gasteiger partial charge is 0.259 e. The minimum atomic E-state index is -0.245. The van der Waals surface area contributed by atoms with Gasteiger partial charge in [0.05, 0.1) is 28.0 Å². The van der Waals surface area contributed by atoms with E-state index in [1.54, 1.807) is 40.7 Å². The van der Waals surface area contributed by atoms with E-state index in [1.165, 1.54) is 17.5 Å². The predicted octanol–water partition coefficient (Wildman–Crippen LogP) is 3.16. The summed E-state index contributed by atoms with van der Waals surface area (Å²) in [6.07, 6.45) is 1.48. The summed E-state index contributed by atoms with van der Waals surface area (Å²) in [5, 5.41) is 4.81. The number of thiophene rings is 1. The highest BCUT2D eigenvalue weighted by atomic mass is 35.5. The molecule has 0 spiro atoms. The highest BCUT2D eigenvalue weighted by Crippen LogP contribution is 2.23. The van der Waals surface area contributed by atoms with Crippen molar-refractivity contribution in [3.05, 3.63) is 67.7 Å². The van der Waals surface area contributed by atoms with Gasteiger partial charge in [0.2, 0.25) is 0 Å². The van der Waals surface area contributed by atoms with Crippen molar-refractivity contribution in [3.8, 4) is 0 Å². The zero-order valence-corrected chi connectivity index (χ0v) is 14.8. The van der Waals surface area contributed by atoms with Crippen LogP contribution in [0.15, 0.2) is 47.4 Å². The van der Waals surface area contributed by atoms with Crippen LogP contribution in [0.1, 0.15) is 15.2 Å². The van der Waals surface area contributed by atoms with Crippen molar-refractivity contribution in [1.82, 2.24) is 19.5 Å². The zero-order chi connectivity index (χ0) is 17.6. The van der Waals surface area contributed by atoms with Gasteiger partial charge in [0.15, 0.2) is 0 Å². The van der Waals surface area contributed by atoms with Crippen molar-refractivity contribution >= 4 is 45.4 Å². The third kappa shape index (κ3) is 2.71. The van der Waals surface area contributed by atoms with Crippen molar-refractivity contribution in [3.63, 3.8) is 0 Å². The molecule has 6 nitrogen and oxygen atoms in total. The number of hydrogen-bond donors (Lipinski definition) is 1. The number of halogens is 1. The van der Waals surface area contributed by atoms with Crippen LogP contribution in [0.25, 0.3) is 16.6 Å². The van der Waals surface area contributed by atoms with Gasteiger partial charge in [-0.25, -0.2) is 4.52 Å². The monoisotopic (exact) mass is 372 g/mol. The van der Waals surface area contributed by atoms with Crippen LogP contribution in [0.4, 0.5) is 0 Å². The van der Waals surface area contributed by atoms with E-state index < -0.39 is 0 Å². The van der Waals surface area contributed by atoms with E-state index in [1.807, 2.05) is 12.1 Å². The van der Waals surface area contributed by atoms with Crippen LogP contribution >= 0.6 is 22.9 Å². The lowest BCUT2D eigenvalue weighted by Crippen LogP contribution is -2.26. The number of benzene rings is 1. The fraction of sp³-hybridized carbons (Fsp3) is 0.118.